The van der Waals surface area contributed by atoms with Crippen molar-refractivity contribution in [2.75, 3.05) is 17.7 Å². The fraction of sp³-hybridized carbons (Fsp3) is 0.318. The average Bonchev–Trinajstić information content (AvgIpc) is 3.11. The number of ether oxygens (including phenoxy) is 1. The lowest BCUT2D eigenvalue weighted by Crippen LogP contribution is -2.15. The van der Waals surface area contributed by atoms with E-state index in [4.69, 9.17) is 4.74 Å². The van der Waals surface area contributed by atoms with Crippen molar-refractivity contribution < 1.29 is 9.53 Å². The molecular weight excluding hydrogens is 384 g/mol. The Balaban J connectivity index is 1.71. The molecule has 0 aliphatic heterocycles. The van der Waals surface area contributed by atoms with Gasteiger partial charge in [-0.1, -0.05) is 54.6 Å². The second kappa shape index (κ2) is 10.1. The molecule has 6 nitrogen and oxygen atoms in total. The number of benzene rings is 2. The summed E-state index contributed by atoms with van der Waals surface area (Å²) < 4.78 is 7.65. The van der Waals surface area contributed by atoms with Crippen LogP contribution in [-0.4, -0.2) is 33.0 Å². The van der Waals surface area contributed by atoms with Gasteiger partial charge in [0.1, 0.15) is 5.75 Å². The standard InChI is InChI=1S/C22H26N4O2S/c1-4-13-26-21(17-10-8-9-16(3)14-17)24-25-22(26)29-15-20(27)23-18-11-6-7-12-19(18)28-5-2/h6-12,14H,4-5,13,15H2,1-3H3,(H,23,27). The fourth-order valence-corrected chi connectivity index (χ4v) is 3.75. The highest BCUT2D eigenvalue weighted by Crippen LogP contribution is 2.27. The maximum absolute atomic E-state index is 12.5. The molecule has 29 heavy (non-hydrogen) atoms. The summed E-state index contributed by atoms with van der Waals surface area (Å²) in [6, 6.07) is 15.7. The summed E-state index contributed by atoms with van der Waals surface area (Å²) in [6.45, 7) is 7.44. The Kier molecular flexibility index (Phi) is 7.30. The predicted molar refractivity (Wildman–Crippen MR) is 117 cm³/mol. The van der Waals surface area contributed by atoms with Crippen LogP contribution in [0.25, 0.3) is 11.4 Å². The van der Waals surface area contributed by atoms with Gasteiger partial charge in [0.05, 0.1) is 18.0 Å². The molecule has 0 saturated carbocycles. The summed E-state index contributed by atoms with van der Waals surface area (Å²) in [5.74, 6) is 1.64. The first-order chi connectivity index (χ1) is 14.1. The van der Waals surface area contributed by atoms with Crippen molar-refractivity contribution in [1.82, 2.24) is 14.8 Å². The van der Waals surface area contributed by atoms with Gasteiger partial charge in [-0.15, -0.1) is 10.2 Å². The van der Waals surface area contributed by atoms with Gasteiger partial charge in [-0.3, -0.25) is 4.79 Å². The molecule has 7 heteroatoms. The number of carbonyl (C=O) groups excluding carboxylic acids is 1. The highest BCUT2D eigenvalue weighted by Gasteiger charge is 2.16. The number of amides is 1. The fourth-order valence-electron chi connectivity index (χ4n) is 2.99. The van der Waals surface area contributed by atoms with E-state index in [1.807, 2.05) is 43.3 Å². The van der Waals surface area contributed by atoms with Crippen molar-refractivity contribution in [2.24, 2.45) is 0 Å². The summed E-state index contributed by atoms with van der Waals surface area (Å²) in [4.78, 5) is 12.5. The highest BCUT2D eigenvalue weighted by molar-refractivity contribution is 7.99. The van der Waals surface area contributed by atoms with Gasteiger partial charge in [0.2, 0.25) is 5.91 Å². The Morgan fingerprint density at radius 1 is 1.14 bits per heavy atom. The zero-order chi connectivity index (χ0) is 20.6. The molecule has 2 aromatic carbocycles. The number of aryl methyl sites for hydroxylation is 1. The van der Waals surface area contributed by atoms with Crippen molar-refractivity contribution in [2.45, 2.75) is 38.9 Å². The third-order valence-electron chi connectivity index (χ3n) is 4.23. The van der Waals surface area contributed by atoms with Crippen LogP contribution in [0, 0.1) is 6.92 Å². The second-order valence-electron chi connectivity index (χ2n) is 6.59. The first-order valence-electron chi connectivity index (χ1n) is 9.77. The molecule has 3 rings (SSSR count). The molecule has 1 heterocycles. The number of para-hydroxylation sites is 2. The van der Waals surface area contributed by atoms with Gasteiger partial charge < -0.3 is 14.6 Å². The van der Waals surface area contributed by atoms with Crippen molar-refractivity contribution in [3.8, 4) is 17.1 Å². The van der Waals surface area contributed by atoms with E-state index in [-0.39, 0.29) is 11.7 Å². The van der Waals surface area contributed by atoms with Crippen molar-refractivity contribution in [1.29, 1.82) is 0 Å². The first-order valence-corrected chi connectivity index (χ1v) is 10.8. The lowest BCUT2D eigenvalue weighted by atomic mass is 10.1. The monoisotopic (exact) mass is 410 g/mol. The molecule has 1 amide bonds. The van der Waals surface area contributed by atoms with Crippen LogP contribution >= 0.6 is 11.8 Å². The Labute approximate surface area is 175 Å². The lowest BCUT2D eigenvalue weighted by Gasteiger charge is -2.11. The minimum atomic E-state index is -0.106. The van der Waals surface area contributed by atoms with E-state index < -0.39 is 0 Å². The zero-order valence-corrected chi connectivity index (χ0v) is 17.8. The van der Waals surface area contributed by atoms with Gasteiger partial charge in [0.15, 0.2) is 11.0 Å². The van der Waals surface area contributed by atoms with Crippen LogP contribution in [0.1, 0.15) is 25.8 Å². The molecule has 0 saturated heterocycles. The zero-order valence-electron chi connectivity index (χ0n) is 17.0. The molecule has 1 N–H and O–H groups in total. The third kappa shape index (κ3) is 5.38. The average molecular weight is 411 g/mol. The highest BCUT2D eigenvalue weighted by atomic mass is 32.2. The lowest BCUT2D eigenvalue weighted by molar-refractivity contribution is -0.113. The number of thioether (sulfide) groups is 1. The van der Waals surface area contributed by atoms with E-state index in [0.29, 0.717) is 18.0 Å². The number of aromatic nitrogens is 3. The summed E-state index contributed by atoms with van der Waals surface area (Å²) in [5, 5.41) is 12.4. The Morgan fingerprint density at radius 3 is 2.72 bits per heavy atom. The molecule has 152 valence electrons. The molecule has 0 radical (unpaired) electrons. The summed E-state index contributed by atoms with van der Waals surface area (Å²) in [5.41, 5.74) is 2.89. The number of nitrogens with one attached hydrogen (secondary N) is 1. The van der Waals surface area contributed by atoms with Crippen LogP contribution in [0.3, 0.4) is 0 Å². The van der Waals surface area contributed by atoms with E-state index in [2.05, 4.69) is 46.1 Å². The van der Waals surface area contributed by atoms with E-state index in [0.717, 1.165) is 29.5 Å². The minimum Gasteiger partial charge on any atom is -0.492 e. The summed E-state index contributed by atoms with van der Waals surface area (Å²) >= 11 is 1.39. The molecule has 0 aliphatic rings. The number of carbonyl (C=O) groups is 1. The molecular formula is C22H26N4O2S. The maximum Gasteiger partial charge on any atom is 0.234 e. The predicted octanol–water partition coefficient (Wildman–Crippen LogP) is 4.79. The SMILES string of the molecule is CCCn1c(SCC(=O)Nc2ccccc2OCC)nnc1-c1cccc(C)c1. The Morgan fingerprint density at radius 2 is 1.97 bits per heavy atom. The number of nitrogens with zero attached hydrogens (tertiary/aromatic N) is 3. The van der Waals surface area contributed by atoms with E-state index >= 15 is 0 Å². The maximum atomic E-state index is 12.5. The van der Waals surface area contributed by atoms with E-state index in [9.17, 15) is 4.79 Å². The Bertz CT molecular complexity index is 971. The van der Waals surface area contributed by atoms with Crippen LogP contribution in [0.15, 0.2) is 53.7 Å². The molecule has 0 fully saturated rings. The normalized spacial score (nSPS) is 10.7. The molecule has 0 atom stereocenters. The molecule has 1 aromatic heterocycles. The van der Waals surface area contributed by atoms with Crippen LogP contribution in [0.2, 0.25) is 0 Å². The van der Waals surface area contributed by atoms with Gasteiger partial charge in [-0.25, -0.2) is 0 Å². The van der Waals surface area contributed by atoms with Gasteiger partial charge in [-0.05, 0) is 38.5 Å². The number of anilines is 1. The molecule has 0 spiro atoms. The van der Waals surface area contributed by atoms with E-state index in [1.165, 1.54) is 17.3 Å². The summed E-state index contributed by atoms with van der Waals surface area (Å²) in [6.07, 6.45) is 0.957. The van der Waals surface area contributed by atoms with Crippen molar-refractivity contribution in [3.63, 3.8) is 0 Å². The number of hydrogen-bond donors (Lipinski definition) is 1. The van der Waals surface area contributed by atoms with Crippen LogP contribution in [-0.2, 0) is 11.3 Å². The number of hydrogen-bond acceptors (Lipinski definition) is 5. The molecule has 3 aromatic rings. The number of rotatable bonds is 9. The summed E-state index contributed by atoms with van der Waals surface area (Å²) in [7, 11) is 0. The quantitative estimate of drug-likeness (QED) is 0.514. The minimum absolute atomic E-state index is 0.106. The van der Waals surface area contributed by atoms with Crippen LogP contribution < -0.4 is 10.1 Å². The largest absolute Gasteiger partial charge is 0.492 e. The Hall–Kier alpha value is -2.80. The van der Waals surface area contributed by atoms with Crippen LogP contribution in [0.5, 0.6) is 5.75 Å². The van der Waals surface area contributed by atoms with Gasteiger partial charge >= 0.3 is 0 Å². The van der Waals surface area contributed by atoms with E-state index in [1.54, 1.807) is 0 Å². The van der Waals surface area contributed by atoms with Crippen molar-refractivity contribution in [3.05, 3.63) is 54.1 Å². The molecule has 0 unspecified atom stereocenters. The third-order valence-corrected chi connectivity index (χ3v) is 5.20. The van der Waals surface area contributed by atoms with Gasteiger partial charge in [-0.2, -0.15) is 0 Å². The molecule has 0 aliphatic carbocycles. The van der Waals surface area contributed by atoms with Gasteiger partial charge in [0.25, 0.3) is 0 Å². The molecule has 0 bridgehead atoms. The van der Waals surface area contributed by atoms with Crippen molar-refractivity contribution >= 4 is 23.4 Å². The smallest absolute Gasteiger partial charge is 0.234 e. The topological polar surface area (TPSA) is 69.0 Å². The first kappa shape index (κ1) is 20.9. The second-order valence-corrected chi connectivity index (χ2v) is 7.54. The van der Waals surface area contributed by atoms with Crippen LogP contribution in [0.4, 0.5) is 5.69 Å². The van der Waals surface area contributed by atoms with Gasteiger partial charge in [0, 0.05) is 12.1 Å².